The Balaban J connectivity index is 1.82. The van der Waals surface area contributed by atoms with Gasteiger partial charge in [-0.15, -0.1) is 0 Å². The molecule has 5 heteroatoms. The standard InChI is InChI=1S/C19H21NO4/c1-13-7-8-15(9-14(13)2)11-20-18(21)12-24-19(22)16-5-4-6-17(10-16)23-3/h4-10H,11-12H2,1-3H3,(H,20,21). The average Bonchev–Trinajstić information content (AvgIpc) is 2.60. The molecule has 1 N–H and O–H groups in total. The van der Waals surface area contributed by atoms with Gasteiger partial charge >= 0.3 is 5.97 Å². The van der Waals surface area contributed by atoms with Crippen molar-refractivity contribution in [1.82, 2.24) is 5.32 Å². The van der Waals surface area contributed by atoms with Gasteiger partial charge in [-0.25, -0.2) is 4.79 Å². The van der Waals surface area contributed by atoms with E-state index in [1.54, 1.807) is 24.3 Å². The number of methoxy groups -OCH3 is 1. The van der Waals surface area contributed by atoms with Crippen molar-refractivity contribution in [2.45, 2.75) is 20.4 Å². The number of carbonyl (C=O) groups excluding carboxylic acids is 2. The van der Waals surface area contributed by atoms with Gasteiger partial charge in [0.2, 0.25) is 0 Å². The molecule has 0 bridgehead atoms. The first-order valence-electron chi connectivity index (χ1n) is 7.63. The maximum absolute atomic E-state index is 11.9. The van der Waals surface area contributed by atoms with Crippen LogP contribution in [0, 0.1) is 13.8 Å². The van der Waals surface area contributed by atoms with E-state index in [-0.39, 0.29) is 12.5 Å². The van der Waals surface area contributed by atoms with Crippen molar-refractivity contribution in [2.24, 2.45) is 0 Å². The molecule has 0 heterocycles. The zero-order chi connectivity index (χ0) is 17.5. The normalized spacial score (nSPS) is 10.1. The smallest absolute Gasteiger partial charge is 0.338 e. The first kappa shape index (κ1) is 17.5. The van der Waals surface area contributed by atoms with E-state index in [1.807, 2.05) is 32.0 Å². The van der Waals surface area contributed by atoms with Crippen molar-refractivity contribution in [1.29, 1.82) is 0 Å². The third kappa shape index (κ3) is 4.84. The van der Waals surface area contributed by atoms with Gasteiger partial charge in [0.15, 0.2) is 6.61 Å². The molecule has 0 aliphatic heterocycles. The molecule has 1 amide bonds. The van der Waals surface area contributed by atoms with Crippen LogP contribution in [-0.4, -0.2) is 25.6 Å². The van der Waals surface area contributed by atoms with Gasteiger partial charge in [0.05, 0.1) is 12.7 Å². The zero-order valence-electron chi connectivity index (χ0n) is 14.1. The number of amides is 1. The minimum absolute atomic E-state index is 0.319. The summed E-state index contributed by atoms with van der Waals surface area (Å²) in [6.45, 7) is 4.14. The van der Waals surface area contributed by atoms with Gasteiger partial charge in [-0.05, 0) is 48.7 Å². The Kier molecular flexibility index (Phi) is 5.95. The number of ether oxygens (including phenoxy) is 2. The SMILES string of the molecule is COc1cccc(C(=O)OCC(=O)NCc2ccc(C)c(C)c2)c1. The molecule has 0 saturated heterocycles. The van der Waals surface area contributed by atoms with Gasteiger partial charge in [0.1, 0.15) is 5.75 Å². The summed E-state index contributed by atoms with van der Waals surface area (Å²) < 4.78 is 10.1. The van der Waals surface area contributed by atoms with Crippen molar-refractivity contribution in [3.05, 3.63) is 64.7 Å². The molecule has 0 aliphatic rings. The van der Waals surface area contributed by atoms with E-state index in [1.165, 1.54) is 18.2 Å². The topological polar surface area (TPSA) is 64.6 Å². The van der Waals surface area contributed by atoms with E-state index in [2.05, 4.69) is 5.32 Å². The fourth-order valence-corrected chi connectivity index (χ4v) is 2.13. The highest BCUT2D eigenvalue weighted by Crippen LogP contribution is 2.13. The molecule has 0 spiro atoms. The molecule has 0 saturated carbocycles. The second-order valence-electron chi connectivity index (χ2n) is 5.50. The molecule has 2 aromatic rings. The molecule has 2 rings (SSSR count). The maximum Gasteiger partial charge on any atom is 0.338 e. The Bertz CT molecular complexity index is 740. The summed E-state index contributed by atoms with van der Waals surface area (Å²) in [5, 5.41) is 2.73. The van der Waals surface area contributed by atoms with E-state index in [0.29, 0.717) is 17.9 Å². The van der Waals surface area contributed by atoms with Crippen LogP contribution in [0.5, 0.6) is 5.75 Å². The molecular formula is C19H21NO4. The summed E-state index contributed by atoms with van der Waals surface area (Å²) >= 11 is 0. The van der Waals surface area contributed by atoms with Gasteiger partial charge in [0, 0.05) is 6.54 Å². The van der Waals surface area contributed by atoms with Crippen LogP contribution < -0.4 is 10.1 Å². The summed E-state index contributed by atoms with van der Waals surface area (Å²) in [6.07, 6.45) is 0. The molecular weight excluding hydrogens is 306 g/mol. The second kappa shape index (κ2) is 8.15. The first-order chi connectivity index (χ1) is 11.5. The van der Waals surface area contributed by atoms with Crippen molar-refractivity contribution < 1.29 is 19.1 Å². The lowest BCUT2D eigenvalue weighted by Gasteiger charge is -2.09. The van der Waals surface area contributed by atoms with Crippen molar-refractivity contribution in [2.75, 3.05) is 13.7 Å². The predicted molar refractivity (Wildman–Crippen MR) is 91.0 cm³/mol. The highest BCUT2D eigenvalue weighted by atomic mass is 16.5. The number of benzene rings is 2. The fourth-order valence-electron chi connectivity index (χ4n) is 2.13. The highest BCUT2D eigenvalue weighted by Gasteiger charge is 2.11. The van der Waals surface area contributed by atoms with E-state index >= 15 is 0 Å². The summed E-state index contributed by atoms with van der Waals surface area (Å²) in [5.41, 5.74) is 3.73. The van der Waals surface area contributed by atoms with Gasteiger partial charge in [-0.3, -0.25) is 4.79 Å². The Morgan fingerprint density at radius 2 is 1.83 bits per heavy atom. The number of rotatable bonds is 6. The Morgan fingerprint density at radius 3 is 2.54 bits per heavy atom. The van der Waals surface area contributed by atoms with Gasteiger partial charge in [0.25, 0.3) is 5.91 Å². The highest BCUT2D eigenvalue weighted by molar-refractivity contribution is 5.91. The predicted octanol–water partition coefficient (Wildman–Crippen LogP) is 2.79. The van der Waals surface area contributed by atoms with E-state index in [4.69, 9.17) is 9.47 Å². The number of esters is 1. The van der Waals surface area contributed by atoms with Crippen LogP contribution in [0.15, 0.2) is 42.5 Å². The molecule has 2 aromatic carbocycles. The van der Waals surface area contributed by atoms with Crippen molar-refractivity contribution >= 4 is 11.9 Å². The van der Waals surface area contributed by atoms with Gasteiger partial charge < -0.3 is 14.8 Å². The fraction of sp³-hybridized carbons (Fsp3) is 0.263. The molecule has 0 radical (unpaired) electrons. The monoisotopic (exact) mass is 327 g/mol. The van der Waals surface area contributed by atoms with Crippen LogP contribution in [0.3, 0.4) is 0 Å². The number of nitrogens with one attached hydrogen (secondary N) is 1. The van der Waals surface area contributed by atoms with E-state index in [0.717, 1.165) is 5.56 Å². The number of hydrogen-bond acceptors (Lipinski definition) is 4. The maximum atomic E-state index is 11.9. The zero-order valence-corrected chi connectivity index (χ0v) is 14.1. The molecule has 0 atom stereocenters. The Hall–Kier alpha value is -2.82. The molecule has 5 nitrogen and oxygen atoms in total. The largest absolute Gasteiger partial charge is 0.497 e. The van der Waals surface area contributed by atoms with Crippen molar-refractivity contribution in [3.63, 3.8) is 0 Å². The van der Waals surface area contributed by atoms with E-state index in [9.17, 15) is 9.59 Å². The number of carbonyl (C=O) groups is 2. The van der Waals surface area contributed by atoms with E-state index < -0.39 is 5.97 Å². The lowest BCUT2D eigenvalue weighted by atomic mass is 10.1. The minimum atomic E-state index is -0.560. The number of aryl methyl sites for hydroxylation is 2. The first-order valence-corrected chi connectivity index (χ1v) is 7.63. The average molecular weight is 327 g/mol. The minimum Gasteiger partial charge on any atom is -0.497 e. The molecule has 0 fully saturated rings. The quantitative estimate of drug-likeness (QED) is 0.829. The van der Waals surface area contributed by atoms with Gasteiger partial charge in [-0.1, -0.05) is 24.3 Å². The van der Waals surface area contributed by atoms with Crippen molar-refractivity contribution in [3.8, 4) is 5.75 Å². The molecule has 0 aromatic heterocycles. The van der Waals surface area contributed by atoms with Crippen LogP contribution in [0.1, 0.15) is 27.0 Å². The third-order valence-electron chi connectivity index (χ3n) is 3.70. The third-order valence-corrected chi connectivity index (χ3v) is 3.70. The summed E-state index contributed by atoms with van der Waals surface area (Å²) in [7, 11) is 1.52. The molecule has 0 aliphatic carbocycles. The number of hydrogen-bond donors (Lipinski definition) is 1. The van der Waals surface area contributed by atoms with Crippen LogP contribution in [0.4, 0.5) is 0 Å². The van der Waals surface area contributed by atoms with Crippen LogP contribution in [0.2, 0.25) is 0 Å². The van der Waals surface area contributed by atoms with Crippen LogP contribution in [0.25, 0.3) is 0 Å². The molecule has 126 valence electrons. The molecule has 24 heavy (non-hydrogen) atoms. The lowest BCUT2D eigenvalue weighted by molar-refractivity contribution is -0.124. The second-order valence-corrected chi connectivity index (χ2v) is 5.50. The summed E-state index contributed by atoms with van der Waals surface area (Å²) in [5.74, 6) is -0.344. The summed E-state index contributed by atoms with van der Waals surface area (Å²) in [4.78, 5) is 23.7. The van der Waals surface area contributed by atoms with Crippen LogP contribution in [-0.2, 0) is 16.1 Å². The van der Waals surface area contributed by atoms with Crippen LogP contribution >= 0.6 is 0 Å². The Labute approximate surface area is 141 Å². The lowest BCUT2D eigenvalue weighted by Crippen LogP contribution is -2.28. The summed E-state index contributed by atoms with van der Waals surface area (Å²) in [6, 6.07) is 12.6. The Morgan fingerprint density at radius 1 is 1.04 bits per heavy atom. The van der Waals surface area contributed by atoms with Gasteiger partial charge in [-0.2, -0.15) is 0 Å². The molecule has 0 unspecified atom stereocenters.